The van der Waals surface area contributed by atoms with Gasteiger partial charge in [-0.3, -0.25) is 0 Å². The number of nitrogens with zero attached hydrogens (tertiary/aromatic N) is 1. The number of hydrogen-bond acceptors (Lipinski definition) is 3. The largest absolute Gasteiger partial charge is 0.496 e. The average molecular weight is 209 g/mol. The molecule has 0 atom stereocenters. The molecule has 0 aliphatic heterocycles. The molecule has 0 aliphatic rings. The Kier molecular flexibility index (Phi) is 4.59. The van der Waals surface area contributed by atoms with Gasteiger partial charge in [-0.1, -0.05) is 13.0 Å². The van der Waals surface area contributed by atoms with Gasteiger partial charge in [0.1, 0.15) is 5.75 Å². The molecule has 1 aromatic carbocycles. The maximum atomic E-state index is 9.06. The van der Waals surface area contributed by atoms with Crippen LogP contribution in [0.1, 0.15) is 18.1 Å². The first kappa shape index (κ1) is 12.0. The van der Waals surface area contributed by atoms with Gasteiger partial charge in [0.15, 0.2) is 0 Å². The third-order valence-electron chi connectivity index (χ3n) is 2.51. The Bertz CT molecular complexity index is 312. The fourth-order valence-electron chi connectivity index (χ4n) is 1.46. The first-order valence-corrected chi connectivity index (χ1v) is 5.16. The molecule has 1 rings (SSSR count). The van der Waals surface area contributed by atoms with Crippen molar-refractivity contribution in [3.8, 4) is 5.75 Å². The van der Waals surface area contributed by atoms with Crippen LogP contribution in [0.15, 0.2) is 18.2 Å². The van der Waals surface area contributed by atoms with E-state index in [-0.39, 0.29) is 6.61 Å². The van der Waals surface area contributed by atoms with E-state index in [4.69, 9.17) is 9.84 Å². The van der Waals surface area contributed by atoms with E-state index >= 15 is 0 Å². The first-order chi connectivity index (χ1) is 7.21. The van der Waals surface area contributed by atoms with Gasteiger partial charge < -0.3 is 14.7 Å². The van der Waals surface area contributed by atoms with Crippen LogP contribution in [0.2, 0.25) is 0 Å². The zero-order chi connectivity index (χ0) is 11.3. The Morgan fingerprint density at radius 1 is 1.40 bits per heavy atom. The van der Waals surface area contributed by atoms with Gasteiger partial charge in [-0.25, -0.2) is 0 Å². The summed E-state index contributed by atoms with van der Waals surface area (Å²) in [6.07, 6.45) is 0. The lowest BCUT2D eigenvalue weighted by Crippen LogP contribution is -2.17. The van der Waals surface area contributed by atoms with Gasteiger partial charge in [0.2, 0.25) is 0 Å². The van der Waals surface area contributed by atoms with E-state index in [0.717, 1.165) is 30.0 Å². The second kappa shape index (κ2) is 5.73. The van der Waals surface area contributed by atoms with Gasteiger partial charge >= 0.3 is 0 Å². The zero-order valence-corrected chi connectivity index (χ0v) is 9.66. The fraction of sp³-hybridized carbons (Fsp3) is 0.500. The highest BCUT2D eigenvalue weighted by Crippen LogP contribution is 2.21. The third-order valence-corrected chi connectivity index (χ3v) is 2.51. The van der Waals surface area contributed by atoms with Crippen LogP contribution < -0.4 is 4.74 Å². The molecule has 0 saturated heterocycles. The molecule has 0 radical (unpaired) electrons. The molecule has 15 heavy (non-hydrogen) atoms. The van der Waals surface area contributed by atoms with Crippen molar-refractivity contribution >= 4 is 0 Å². The van der Waals surface area contributed by atoms with E-state index in [2.05, 4.69) is 18.9 Å². The molecule has 0 heterocycles. The standard InChI is InChI=1S/C12H19NO2/c1-4-13(2)8-11-7-10(9-14)5-6-12(11)15-3/h5-7,14H,4,8-9H2,1-3H3. The number of methoxy groups -OCH3 is 1. The monoisotopic (exact) mass is 209 g/mol. The maximum absolute atomic E-state index is 9.06. The first-order valence-electron chi connectivity index (χ1n) is 5.16. The maximum Gasteiger partial charge on any atom is 0.123 e. The smallest absolute Gasteiger partial charge is 0.123 e. The van der Waals surface area contributed by atoms with Gasteiger partial charge in [-0.05, 0) is 31.3 Å². The molecule has 0 aromatic heterocycles. The predicted octanol–water partition coefficient (Wildman–Crippen LogP) is 1.64. The minimum absolute atomic E-state index is 0.0762. The summed E-state index contributed by atoms with van der Waals surface area (Å²) in [5.74, 6) is 0.882. The van der Waals surface area contributed by atoms with Gasteiger partial charge in [-0.15, -0.1) is 0 Å². The van der Waals surface area contributed by atoms with E-state index in [0.29, 0.717) is 0 Å². The van der Waals surface area contributed by atoms with Crippen LogP contribution in [0.5, 0.6) is 5.75 Å². The Morgan fingerprint density at radius 3 is 2.67 bits per heavy atom. The quantitative estimate of drug-likeness (QED) is 0.800. The molecule has 0 unspecified atom stereocenters. The lowest BCUT2D eigenvalue weighted by Gasteiger charge is -2.16. The van der Waals surface area contributed by atoms with Crippen molar-refractivity contribution in [1.29, 1.82) is 0 Å². The predicted molar refractivity (Wildman–Crippen MR) is 60.9 cm³/mol. The summed E-state index contributed by atoms with van der Waals surface area (Å²) < 4.78 is 5.28. The summed E-state index contributed by atoms with van der Waals surface area (Å²) in [4.78, 5) is 2.19. The van der Waals surface area contributed by atoms with Crippen LogP contribution in [0.25, 0.3) is 0 Å². The normalized spacial score (nSPS) is 10.7. The van der Waals surface area contributed by atoms with Gasteiger partial charge in [0, 0.05) is 12.1 Å². The van der Waals surface area contributed by atoms with E-state index in [1.54, 1.807) is 7.11 Å². The second-order valence-corrected chi connectivity index (χ2v) is 3.63. The van der Waals surface area contributed by atoms with Crippen molar-refractivity contribution in [2.24, 2.45) is 0 Å². The molecular weight excluding hydrogens is 190 g/mol. The summed E-state index contributed by atoms with van der Waals surface area (Å²) in [5, 5.41) is 9.06. The highest BCUT2D eigenvalue weighted by molar-refractivity contribution is 5.37. The van der Waals surface area contributed by atoms with Crippen LogP contribution in [0.3, 0.4) is 0 Å². The van der Waals surface area contributed by atoms with Gasteiger partial charge in [-0.2, -0.15) is 0 Å². The topological polar surface area (TPSA) is 32.7 Å². The van der Waals surface area contributed by atoms with Crippen LogP contribution >= 0.6 is 0 Å². The van der Waals surface area contributed by atoms with E-state index in [1.165, 1.54) is 0 Å². The summed E-state index contributed by atoms with van der Waals surface area (Å²) in [6.45, 7) is 4.02. The highest BCUT2D eigenvalue weighted by atomic mass is 16.5. The third kappa shape index (κ3) is 3.22. The number of rotatable bonds is 5. The lowest BCUT2D eigenvalue weighted by molar-refractivity contribution is 0.280. The van der Waals surface area contributed by atoms with Crippen molar-refractivity contribution < 1.29 is 9.84 Å². The van der Waals surface area contributed by atoms with Crippen LogP contribution in [0.4, 0.5) is 0 Å². The Morgan fingerprint density at radius 2 is 2.13 bits per heavy atom. The molecule has 3 heteroatoms. The van der Waals surface area contributed by atoms with E-state index in [1.807, 2.05) is 18.2 Å². The minimum Gasteiger partial charge on any atom is -0.496 e. The second-order valence-electron chi connectivity index (χ2n) is 3.63. The molecule has 3 nitrogen and oxygen atoms in total. The average Bonchev–Trinajstić information content (AvgIpc) is 2.28. The fourth-order valence-corrected chi connectivity index (χ4v) is 1.46. The Balaban J connectivity index is 2.90. The SMILES string of the molecule is CCN(C)Cc1cc(CO)ccc1OC. The van der Waals surface area contributed by atoms with E-state index in [9.17, 15) is 0 Å². The molecular formula is C12H19NO2. The molecule has 0 aliphatic carbocycles. The highest BCUT2D eigenvalue weighted by Gasteiger charge is 2.06. The molecule has 0 saturated carbocycles. The number of aliphatic hydroxyl groups excluding tert-OH is 1. The van der Waals surface area contributed by atoms with Gasteiger partial charge in [0.05, 0.1) is 13.7 Å². The number of benzene rings is 1. The summed E-state index contributed by atoms with van der Waals surface area (Å²) in [7, 11) is 3.73. The van der Waals surface area contributed by atoms with Gasteiger partial charge in [0.25, 0.3) is 0 Å². The molecule has 0 amide bonds. The van der Waals surface area contributed by atoms with Crippen LogP contribution in [-0.2, 0) is 13.2 Å². The molecule has 1 aromatic rings. The Hall–Kier alpha value is -1.06. The molecule has 1 N–H and O–H groups in total. The van der Waals surface area contributed by atoms with Crippen molar-refractivity contribution in [2.75, 3.05) is 20.7 Å². The Labute approximate surface area is 91.3 Å². The van der Waals surface area contributed by atoms with Crippen molar-refractivity contribution in [3.05, 3.63) is 29.3 Å². The van der Waals surface area contributed by atoms with Crippen LogP contribution in [0, 0.1) is 0 Å². The minimum atomic E-state index is 0.0762. The molecule has 0 spiro atoms. The van der Waals surface area contributed by atoms with E-state index < -0.39 is 0 Å². The van der Waals surface area contributed by atoms with Crippen molar-refractivity contribution in [2.45, 2.75) is 20.1 Å². The number of aliphatic hydroxyl groups is 1. The molecule has 84 valence electrons. The molecule has 0 fully saturated rings. The lowest BCUT2D eigenvalue weighted by atomic mass is 10.1. The summed E-state index contributed by atoms with van der Waals surface area (Å²) >= 11 is 0. The van der Waals surface area contributed by atoms with Crippen molar-refractivity contribution in [1.82, 2.24) is 4.90 Å². The molecule has 0 bridgehead atoms. The van der Waals surface area contributed by atoms with Crippen molar-refractivity contribution in [3.63, 3.8) is 0 Å². The summed E-state index contributed by atoms with van der Waals surface area (Å²) in [5.41, 5.74) is 2.05. The van der Waals surface area contributed by atoms with Crippen LogP contribution in [-0.4, -0.2) is 30.7 Å². The zero-order valence-electron chi connectivity index (χ0n) is 9.66. The summed E-state index contributed by atoms with van der Waals surface area (Å²) in [6, 6.07) is 5.78. The number of hydrogen-bond donors (Lipinski definition) is 1. The number of ether oxygens (including phenoxy) is 1.